The smallest absolute Gasteiger partial charge is 0.243 e. The van der Waals surface area contributed by atoms with E-state index in [-0.39, 0.29) is 25.8 Å². The van der Waals surface area contributed by atoms with Crippen LogP contribution in [-0.4, -0.2) is 52.2 Å². The third-order valence-electron chi connectivity index (χ3n) is 5.82. The molecule has 37 heavy (non-hydrogen) atoms. The summed E-state index contributed by atoms with van der Waals surface area (Å²) in [5.74, 6) is -1.99. The van der Waals surface area contributed by atoms with Gasteiger partial charge in [-0.3, -0.25) is 14.4 Å². The Bertz CT molecular complexity index is 1260. The molecule has 3 amide bonds. The van der Waals surface area contributed by atoms with Gasteiger partial charge in [-0.25, -0.2) is 4.39 Å². The van der Waals surface area contributed by atoms with Crippen molar-refractivity contribution < 1.29 is 23.9 Å². The van der Waals surface area contributed by atoms with E-state index in [1.54, 1.807) is 42.6 Å². The van der Waals surface area contributed by atoms with E-state index in [0.29, 0.717) is 21.5 Å². The van der Waals surface area contributed by atoms with E-state index in [2.05, 4.69) is 20.9 Å². The van der Waals surface area contributed by atoms with Crippen molar-refractivity contribution in [2.24, 2.45) is 0 Å². The van der Waals surface area contributed by atoms with Gasteiger partial charge in [0.15, 0.2) is 0 Å². The molecule has 196 valence electrons. The Morgan fingerprint density at radius 1 is 1.08 bits per heavy atom. The lowest BCUT2D eigenvalue weighted by Crippen LogP contribution is -2.54. The van der Waals surface area contributed by atoms with Crippen molar-refractivity contribution in [1.29, 1.82) is 5.41 Å². The molecular weight excluding hydrogens is 501 g/mol. The van der Waals surface area contributed by atoms with Crippen LogP contribution >= 0.6 is 11.6 Å². The number of hydrogen-bond donors (Lipinski definition) is 6. The summed E-state index contributed by atoms with van der Waals surface area (Å²) in [6.45, 7) is 1.46. The van der Waals surface area contributed by atoms with Crippen molar-refractivity contribution in [3.05, 3.63) is 70.6 Å². The second-order valence-electron chi connectivity index (χ2n) is 8.65. The van der Waals surface area contributed by atoms with Crippen molar-refractivity contribution in [2.75, 3.05) is 0 Å². The van der Waals surface area contributed by atoms with Crippen molar-refractivity contribution in [2.45, 2.75) is 50.9 Å². The van der Waals surface area contributed by atoms with Gasteiger partial charge < -0.3 is 31.5 Å². The number of aromatic nitrogens is 1. The van der Waals surface area contributed by atoms with Gasteiger partial charge in [-0.1, -0.05) is 35.9 Å². The van der Waals surface area contributed by atoms with Gasteiger partial charge in [-0.2, -0.15) is 0 Å². The number of aliphatic hydroxyl groups excluding tert-OH is 1. The molecule has 6 N–H and O–H groups in total. The number of aliphatic hydroxyl groups is 1. The van der Waals surface area contributed by atoms with Crippen LogP contribution in [0.15, 0.2) is 48.7 Å². The van der Waals surface area contributed by atoms with Crippen LogP contribution in [-0.2, 0) is 27.3 Å². The Morgan fingerprint density at radius 2 is 1.81 bits per heavy atom. The lowest BCUT2D eigenvalue weighted by molar-refractivity contribution is -0.132. The molecule has 3 aromatic rings. The van der Waals surface area contributed by atoms with Gasteiger partial charge in [-0.05, 0) is 42.2 Å². The number of halogens is 2. The highest BCUT2D eigenvalue weighted by molar-refractivity contribution is 6.30. The molecule has 2 aromatic carbocycles. The summed E-state index contributed by atoms with van der Waals surface area (Å²) in [6.07, 6.45) is 1.52. The van der Waals surface area contributed by atoms with E-state index < -0.39 is 41.7 Å². The Hall–Kier alpha value is -3.76. The molecule has 1 unspecified atom stereocenters. The third kappa shape index (κ3) is 7.86. The standard InChI is InChI=1S/C26H29ClFN5O4/c1-15(34)32-23(11-17-14-30-24-20(17)3-2-4-21(24)28)26(37)33-22(10-9-19(35)12-29)25(36)31-13-16-5-7-18(27)8-6-16/h2-8,12,14,19,22-23,29-30,35H,9-11,13H2,1H3,(H,31,36)(H,32,34)(H,33,37)/t19?,22-,23-/m0/s1. The molecule has 3 atom stereocenters. The fourth-order valence-corrected chi connectivity index (χ4v) is 4.02. The molecule has 1 heterocycles. The number of benzene rings is 2. The highest BCUT2D eigenvalue weighted by Crippen LogP contribution is 2.22. The number of hydrogen-bond acceptors (Lipinski definition) is 5. The zero-order chi connectivity index (χ0) is 26.9. The molecular formula is C26H29ClFN5O4. The highest BCUT2D eigenvalue weighted by Gasteiger charge is 2.27. The Balaban J connectivity index is 1.75. The van der Waals surface area contributed by atoms with E-state index in [9.17, 15) is 23.9 Å². The van der Waals surface area contributed by atoms with Gasteiger partial charge in [0.05, 0.1) is 11.6 Å². The van der Waals surface area contributed by atoms with E-state index in [1.165, 1.54) is 13.0 Å². The van der Waals surface area contributed by atoms with Crippen LogP contribution in [0.4, 0.5) is 4.39 Å². The predicted molar refractivity (Wildman–Crippen MR) is 139 cm³/mol. The molecule has 1 aromatic heterocycles. The summed E-state index contributed by atoms with van der Waals surface area (Å²) in [4.78, 5) is 40.9. The van der Waals surface area contributed by atoms with Crippen molar-refractivity contribution in [3.63, 3.8) is 0 Å². The number of para-hydroxylation sites is 1. The summed E-state index contributed by atoms with van der Waals surface area (Å²) in [5, 5.41) is 26.1. The number of aromatic amines is 1. The first-order valence-electron chi connectivity index (χ1n) is 11.7. The van der Waals surface area contributed by atoms with Crippen molar-refractivity contribution >= 4 is 46.4 Å². The molecule has 0 saturated heterocycles. The first-order chi connectivity index (χ1) is 17.7. The van der Waals surface area contributed by atoms with Crippen LogP contribution in [0.1, 0.15) is 30.9 Å². The molecule has 0 bridgehead atoms. The van der Waals surface area contributed by atoms with Crippen LogP contribution in [0.5, 0.6) is 0 Å². The fourth-order valence-electron chi connectivity index (χ4n) is 3.90. The topological polar surface area (TPSA) is 147 Å². The summed E-state index contributed by atoms with van der Waals surface area (Å²) in [7, 11) is 0. The van der Waals surface area contributed by atoms with E-state index in [1.807, 2.05) is 0 Å². The van der Waals surface area contributed by atoms with Crippen LogP contribution in [0, 0.1) is 11.2 Å². The minimum absolute atomic E-state index is 0.0527. The molecule has 0 aliphatic carbocycles. The van der Waals surface area contributed by atoms with Crippen molar-refractivity contribution in [3.8, 4) is 0 Å². The lowest BCUT2D eigenvalue weighted by atomic mass is 10.0. The summed E-state index contributed by atoms with van der Waals surface area (Å²) in [6, 6.07) is 9.39. The molecule has 0 saturated carbocycles. The zero-order valence-electron chi connectivity index (χ0n) is 20.2. The van der Waals surface area contributed by atoms with Crippen LogP contribution in [0.25, 0.3) is 10.9 Å². The van der Waals surface area contributed by atoms with Crippen LogP contribution in [0.2, 0.25) is 5.02 Å². The number of amides is 3. The molecule has 0 radical (unpaired) electrons. The summed E-state index contributed by atoms with van der Waals surface area (Å²) in [5.41, 5.74) is 1.70. The van der Waals surface area contributed by atoms with E-state index in [4.69, 9.17) is 17.0 Å². The Kier molecular flexibility index (Phi) is 9.76. The number of carbonyl (C=O) groups is 3. The van der Waals surface area contributed by atoms with E-state index in [0.717, 1.165) is 11.8 Å². The van der Waals surface area contributed by atoms with Gasteiger partial charge >= 0.3 is 0 Å². The average Bonchev–Trinajstić information content (AvgIpc) is 3.29. The molecule has 0 fully saturated rings. The second-order valence-corrected chi connectivity index (χ2v) is 9.09. The predicted octanol–water partition coefficient (Wildman–Crippen LogP) is 2.60. The quantitative estimate of drug-likeness (QED) is 0.200. The normalized spacial score (nSPS) is 13.4. The monoisotopic (exact) mass is 529 g/mol. The number of fused-ring (bicyclic) bond motifs is 1. The fraction of sp³-hybridized carbons (Fsp3) is 0.308. The van der Waals surface area contributed by atoms with Gasteiger partial charge in [0, 0.05) is 42.7 Å². The first-order valence-corrected chi connectivity index (χ1v) is 12.1. The number of carbonyl (C=O) groups excluding carboxylic acids is 3. The third-order valence-corrected chi connectivity index (χ3v) is 6.08. The number of H-pyrrole nitrogens is 1. The second kappa shape index (κ2) is 13.0. The van der Waals surface area contributed by atoms with Crippen LogP contribution < -0.4 is 16.0 Å². The summed E-state index contributed by atoms with van der Waals surface area (Å²) >= 11 is 5.90. The first kappa shape index (κ1) is 27.8. The minimum atomic E-state index is -1.07. The van der Waals surface area contributed by atoms with Gasteiger partial charge in [0.2, 0.25) is 17.7 Å². The highest BCUT2D eigenvalue weighted by atomic mass is 35.5. The maximum Gasteiger partial charge on any atom is 0.243 e. The SMILES string of the molecule is CC(=O)N[C@@H](Cc1c[nH]c2c(F)cccc12)C(=O)N[C@@H](CCC(O)C=N)C(=O)NCc1ccc(Cl)cc1. The maximum absolute atomic E-state index is 14.1. The van der Waals surface area contributed by atoms with Crippen molar-refractivity contribution in [1.82, 2.24) is 20.9 Å². The summed E-state index contributed by atoms with van der Waals surface area (Å²) < 4.78 is 14.1. The molecule has 11 heteroatoms. The van der Waals surface area contributed by atoms with Gasteiger partial charge in [-0.15, -0.1) is 0 Å². The maximum atomic E-state index is 14.1. The Labute approximate surface area is 218 Å². The average molecular weight is 530 g/mol. The molecule has 3 rings (SSSR count). The lowest BCUT2D eigenvalue weighted by Gasteiger charge is -2.23. The van der Waals surface area contributed by atoms with E-state index >= 15 is 0 Å². The minimum Gasteiger partial charge on any atom is -0.387 e. The largest absolute Gasteiger partial charge is 0.387 e. The number of rotatable bonds is 12. The molecule has 0 aliphatic rings. The van der Waals surface area contributed by atoms with Crippen LogP contribution in [0.3, 0.4) is 0 Å². The van der Waals surface area contributed by atoms with Gasteiger partial charge in [0.25, 0.3) is 0 Å². The zero-order valence-corrected chi connectivity index (χ0v) is 20.9. The number of nitrogens with one attached hydrogen (secondary N) is 5. The Morgan fingerprint density at radius 3 is 2.49 bits per heavy atom. The molecule has 9 nitrogen and oxygen atoms in total. The molecule has 0 aliphatic heterocycles. The van der Waals surface area contributed by atoms with Gasteiger partial charge in [0.1, 0.15) is 17.9 Å². The molecule has 0 spiro atoms.